The molecular weight excluding hydrogens is 829 g/mol. The first-order chi connectivity index (χ1) is 32.0. The van der Waals surface area contributed by atoms with E-state index in [-0.39, 0.29) is 33.5 Å². The number of fused-ring (bicyclic) bond motifs is 1. The van der Waals surface area contributed by atoms with Gasteiger partial charge in [0.25, 0.3) is 11.8 Å². The third-order valence-corrected chi connectivity index (χ3v) is 13.2. The number of carbonyl (C=O) groups excluding carboxylic acids is 2. The SMILES string of the molecule is CC(C)(C)c1cc(CN2C(=O)C3=C(c4ccc(/C=C\c5ccccc5)cc4)N(Cc4cc(C(C)(C)C)cc(C(C)(C)C)c4)C(=O)C3=C2c2ccc(/C=C\c3ccccc3)cc2)cc(C(C)(C)C)c1. The maximum Gasteiger partial charge on any atom is 0.261 e. The Morgan fingerprint density at radius 3 is 0.882 bits per heavy atom. The second-order valence-corrected chi connectivity index (χ2v) is 22.8. The predicted molar refractivity (Wildman–Crippen MR) is 286 cm³/mol. The molecule has 0 fully saturated rings. The highest BCUT2D eigenvalue weighted by Gasteiger charge is 2.49. The number of hydrogen-bond donors (Lipinski definition) is 0. The lowest BCUT2D eigenvalue weighted by atomic mass is 9.79. The summed E-state index contributed by atoms with van der Waals surface area (Å²) in [5, 5.41) is 0. The Balaban J connectivity index is 1.32. The van der Waals surface area contributed by atoms with Crippen LogP contribution in [0.25, 0.3) is 35.7 Å². The molecule has 6 aromatic rings. The minimum atomic E-state index is -0.167. The zero-order valence-corrected chi connectivity index (χ0v) is 42.3. The molecule has 68 heavy (non-hydrogen) atoms. The van der Waals surface area contributed by atoms with Crippen molar-refractivity contribution in [3.05, 3.63) is 224 Å². The number of nitrogens with zero attached hydrogens (tertiary/aromatic N) is 2. The van der Waals surface area contributed by atoms with E-state index in [1.165, 1.54) is 22.3 Å². The molecule has 0 N–H and O–H groups in total. The number of amides is 2. The van der Waals surface area contributed by atoms with E-state index < -0.39 is 0 Å². The summed E-state index contributed by atoms with van der Waals surface area (Å²) in [7, 11) is 0. The van der Waals surface area contributed by atoms with Crippen LogP contribution in [-0.4, -0.2) is 21.6 Å². The average Bonchev–Trinajstić information content (AvgIpc) is 3.73. The fraction of sp³-hybridized carbons (Fsp3) is 0.281. The molecule has 0 aromatic heterocycles. The molecule has 0 bridgehead atoms. The van der Waals surface area contributed by atoms with Gasteiger partial charge in [-0.1, -0.05) is 253 Å². The van der Waals surface area contributed by atoms with Gasteiger partial charge in [0.05, 0.1) is 35.6 Å². The van der Waals surface area contributed by atoms with Gasteiger partial charge in [-0.3, -0.25) is 9.59 Å². The molecule has 0 radical (unpaired) electrons. The highest BCUT2D eigenvalue weighted by atomic mass is 16.2. The highest BCUT2D eigenvalue weighted by Crippen LogP contribution is 2.48. The van der Waals surface area contributed by atoms with Crippen molar-refractivity contribution < 1.29 is 9.59 Å². The smallest absolute Gasteiger partial charge is 0.261 e. The molecule has 8 rings (SSSR count). The summed E-state index contributed by atoms with van der Waals surface area (Å²) in [4.78, 5) is 35.2. The van der Waals surface area contributed by atoms with Crippen LogP contribution in [0.2, 0.25) is 0 Å². The zero-order valence-electron chi connectivity index (χ0n) is 42.3. The van der Waals surface area contributed by atoms with Gasteiger partial charge in [0.2, 0.25) is 0 Å². The fourth-order valence-corrected chi connectivity index (χ4v) is 8.98. The van der Waals surface area contributed by atoms with Crippen LogP contribution in [0.5, 0.6) is 0 Å². The lowest BCUT2D eigenvalue weighted by molar-refractivity contribution is -0.124. The fourth-order valence-electron chi connectivity index (χ4n) is 8.98. The van der Waals surface area contributed by atoms with Crippen molar-refractivity contribution in [2.75, 3.05) is 0 Å². The van der Waals surface area contributed by atoms with E-state index in [4.69, 9.17) is 0 Å². The largest absolute Gasteiger partial charge is 0.302 e. The summed E-state index contributed by atoms with van der Waals surface area (Å²) < 4.78 is 0. The predicted octanol–water partition coefficient (Wildman–Crippen LogP) is 15.4. The Morgan fingerprint density at radius 2 is 0.618 bits per heavy atom. The standard InChI is InChI=1S/C64H68N2O2/c1-61(2,3)51-35-47(36-52(39-51)62(4,5)6)41-65-57(49-31-27-45(28-32-49)25-23-43-19-15-13-16-20-43)55-56(59(65)67)58(50-33-29-46(30-34-50)26-24-44-21-17-14-18-22-44)66(60(55)68)42-48-37-53(63(7,8)9)40-54(38-48)64(10,11)12/h13-40H,41-42H2,1-12H3/b25-23-,26-24-. The Bertz CT molecular complexity index is 2700. The zero-order chi connectivity index (χ0) is 48.8. The van der Waals surface area contributed by atoms with Crippen LogP contribution in [0.4, 0.5) is 0 Å². The second-order valence-electron chi connectivity index (χ2n) is 22.8. The summed E-state index contributed by atoms with van der Waals surface area (Å²) in [6.07, 6.45) is 8.40. The molecule has 4 nitrogen and oxygen atoms in total. The Kier molecular flexibility index (Phi) is 12.9. The molecule has 0 atom stereocenters. The molecular formula is C64H68N2O2. The minimum Gasteiger partial charge on any atom is -0.302 e. The molecule has 0 saturated heterocycles. The van der Waals surface area contributed by atoms with Gasteiger partial charge in [-0.2, -0.15) is 0 Å². The number of rotatable bonds is 10. The van der Waals surface area contributed by atoms with E-state index in [0.717, 1.165) is 44.5 Å². The molecule has 6 aromatic carbocycles. The van der Waals surface area contributed by atoms with Crippen molar-refractivity contribution in [1.82, 2.24) is 9.80 Å². The van der Waals surface area contributed by atoms with Crippen LogP contribution < -0.4 is 0 Å². The van der Waals surface area contributed by atoms with E-state index >= 15 is 9.59 Å². The van der Waals surface area contributed by atoms with Crippen molar-refractivity contribution >= 4 is 47.5 Å². The van der Waals surface area contributed by atoms with Gasteiger partial charge >= 0.3 is 0 Å². The molecule has 0 aliphatic carbocycles. The van der Waals surface area contributed by atoms with E-state index in [0.29, 0.717) is 35.6 Å². The van der Waals surface area contributed by atoms with Crippen LogP contribution in [0.3, 0.4) is 0 Å². The number of carbonyl (C=O) groups is 2. The van der Waals surface area contributed by atoms with Crippen molar-refractivity contribution in [2.24, 2.45) is 0 Å². The molecule has 0 unspecified atom stereocenters. The Hall–Kier alpha value is -6.78. The van der Waals surface area contributed by atoms with Crippen molar-refractivity contribution in [3.63, 3.8) is 0 Å². The van der Waals surface area contributed by atoms with Crippen LogP contribution in [-0.2, 0) is 44.3 Å². The van der Waals surface area contributed by atoms with E-state index in [1.54, 1.807) is 0 Å². The van der Waals surface area contributed by atoms with Crippen molar-refractivity contribution in [3.8, 4) is 0 Å². The van der Waals surface area contributed by atoms with Gasteiger partial charge in [0.15, 0.2) is 0 Å². The molecule has 2 amide bonds. The summed E-state index contributed by atoms with van der Waals surface area (Å²) in [5.74, 6) is -0.335. The first-order valence-electron chi connectivity index (χ1n) is 24.1. The maximum atomic E-state index is 15.7. The third-order valence-electron chi connectivity index (χ3n) is 13.2. The van der Waals surface area contributed by atoms with Gasteiger partial charge in [0.1, 0.15) is 0 Å². The molecule has 0 saturated carbocycles. The van der Waals surface area contributed by atoms with Gasteiger partial charge in [-0.15, -0.1) is 0 Å². The second kappa shape index (κ2) is 18.4. The minimum absolute atomic E-state index is 0.113. The van der Waals surface area contributed by atoms with Crippen LogP contribution in [0.1, 0.15) is 150 Å². The Labute approximate surface area is 406 Å². The lowest BCUT2D eigenvalue weighted by Gasteiger charge is -2.29. The van der Waals surface area contributed by atoms with Crippen molar-refractivity contribution in [2.45, 2.75) is 118 Å². The quantitative estimate of drug-likeness (QED) is 0.129. The van der Waals surface area contributed by atoms with E-state index in [1.807, 2.05) is 46.2 Å². The van der Waals surface area contributed by atoms with Gasteiger partial charge < -0.3 is 9.80 Å². The summed E-state index contributed by atoms with van der Waals surface area (Å²) in [5.41, 5.74) is 14.6. The molecule has 2 heterocycles. The molecule has 0 spiro atoms. The molecule has 2 aliphatic heterocycles. The topological polar surface area (TPSA) is 40.6 Å². The molecule has 4 heteroatoms. The number of benzene rings is 6. The monoisotopic (exact) mass is 897 g/mol. The Morgan fingerprint density at radius 1 is 0.353 bits per heavy atom. The lowest BCUT2D eigenvalue weighted by Crippen LogP contribution is -2.30. The number of hydrogen-bond acceptors (Lipinski definition) is 2. The summed E-state index contributed by atoms with van der Waals surface area (Å²) in [6.45, 7) is 27.5. The first kappa shape index (κ1) is 47.7. The normalized spacial score (nSPS) is 14.9. The van der Waals surface area contributed by atoms with Crippen LogP contribution >= 0.6 is 0 Å². The van der Waals surface area contributed by atoms with Gasteiger partial charge in [-0.25, -0.2) is 0 Å². The van der Waals surface area contributed by atoms with E-state index in [2.05, 4.69) is 217 Å². The highest BCUT2D eigenvalue weighted by molar-refractivity contribution is 6.30. The molecule has 2 aliphatic rings. The first-order valence-corrected chi connectivity index (χ1v) is 24.1. The average molecular weight is 897 g/mol. The van der Waals surface area contributed by atoms with Crippen LogP contribution in [0, 0.1) is 0 Å². The van der Waals surface area contributed by atoms with Gasteiger partial charge in [-0.05, 0) is 88.4 Å². The van der Waals surface area contributed by atoms with Crippen LogP contribution in [0.15, 0.2) is 157 Å². The molecule has 346 valence electrons. The summed E-state index contributed by atoms with van der Waals surface area (Å²) >= 11 is 0. The third kappa shape index (κ3) is 10.4. The van der Waals surface area contributed by atoms with Gasteiger partial charge in [0, 0.05) is 0 Å². The maximum absolute atomic E-state index is 15.7. The summed E-state index contributed by atoms with van der Waals surface area (Å²) in [6, 6.07) is 50.7. The van der Waals surface area contributed by atoms with E-state index in [9.17, 15) is 0 Å². The van der Waals surface area contributed by atoms with Crippen molar-refractivity contribution in [1.29, 1.82) is 0 Å².